The molecule has 1 N–H and O–H groups in total. The number of oxazole rings is 1. The van der Waals surface area contributed by atoms with E-state index in [0.717, 1.165) is 12.8 Å². The molecule has 0 radical (unpaired) electrons. The first kappa shape index (κ1) is 23.0. The van der Waals surface area contributed by atoms with Crippen molar-refractivity contribution < 1.29 is 17.6 Å². The smallest absolute Gasteiger partial charge is 0.235 e. The van der Waals surface area contributed by atoms with Gasteiger partial charge in [-0.3, -0.25) is 4.79 Å². The first-order valence-corrected chi connectivity index (χ1v) is 12.2. The number of halogens is 1. The van der Waals surface area contributed by atoms with Gasteiger partial charge in [0.25, 0.3) is 0 Å². The first-order valence-electron chi connectivity index (χ1n) is 9.98. The fraction of sp³-hybridized carbons (Fsp3) is 0.304. The van der Waals surface area contributed by atoms with Crippen LogP contribution in [0.3, 0.4) is 0 Å². The van der Waals surface area contributed by atoms with Gasteiger partial charge in [0.1, 0.15) is 11.5 Å². The molecule has 1 heterocycles. The van der Waals surface area contributed by atoms with E-state index in [1.807, 2.05) is 37.3 Å². The quantitative estimate of drug-likeness (QED) is 0.512. The lowest BCUT2D eigenvalue weighted by Gasteiger charge is -2.14. The van der Waals surface area contributed by atoms with Gasteiger partial charge in [0.2, 0.25) is 11.8 Å². The van der Waals surface area contributed by atoms with Gasteiger partial charge >= 0.3 is 0 Å². The molecular weight excluding hydrogens is 436 g/mol. The van der Waals surface area contributed by atoms with Crippen LogP contribution < -0.4 is 5.32 Å². The highest BCUT2D eigenvalue weighted by atomic mass is 35.5. The van der Waals surface area contributed by atoms with Gasteiger partial charge in [0.15, 0.2) is 9.84 Å². The Morgan fingerprint density at radius 3 is 2.61 bits per heavy atom. The maximum absolute atomic E-state index is 12.6. The number of amides is 1. The summed E-state index contributed by atoms with van der Waals surface area (Å²) in [7, 11) is -3.71. The van der Waals surface area contributed by atoms with Gasteiger partial charge < -0.3 is 9.73 Å². The number of hydrogen-bond acceptors (Lipinski definition) is 5. The third kappa shape index (κ3) is 6.94. The topological polar surface area (TPSA) is 89.3 Å². The highest BCUT2D eigenvalue weighted by Crippen LogP contribution is 2.25. The van der Waals surface area contributed by atoms with Crippen LogP contribution in [0.4, 0.5) is 0 Å². The zero-order valence-corrected chi connectivity index (χ0v) is 19.0. The van der Waals surface area contributed by atoms with Gasteiger partial charge in [-0.25, -0.2) is 13.4 Å². The Kier molecular flexibility index (Phi) is 7.51. The summed E-state index contributed by atoms with van der Waals surface area (Å²) in [6, 6.07) is 16.8. The second kappa shape index (κ2) is 10.1. The van der Waals surface area contributed by atoms with Crippen molar-refractivity contribution in [2.24, 2.45) is 0 Å². The third-order valence-corrected chi connectivity index (χ3v) is 6.44. The predicted molar refractivity (Wildman–Crippen MR) is 122 cm³/mol. The van der Waals surface area contributed by atoms with Gasteiger partial charge in [0.05, 0.1) is 11.4 Å². The third-order valence-electron chi connectivity index (χ3n) is 4.79. The molecule has 164 valence electrons. The predicted octanol–water partition coefficient (Wildman–Crippen LogP) is 4.36. The van der Waals surface area contributed by atoms with E-state index in [9.17, 15) is 13.2 Å². The molecule has 0 aliphatic rings. The van der Waals surface area contributed by atoms with Gasteiger partial charge in [-0.2, -0.15) is 0 Å². The largest absolute Gasteiger partial charge is 0.441 e. The number of aryl methyl sites for hydroxylation is 2. The van der Waals surface area contributed by atoms with Crippen molar-refractivity contribution in [3.05, 3.63) is 76.6 Å². The molecule has 1 amide bonds. The summed E-state index contributed by atoms with van der Waals surface area (Å²) in [6.45, 7) is 3.52. The van der Waals surface area contributed by atoms with Crippen LogP contribution in [-0.2, 0) is 26.8 Å². The minimum absolute atomic E-state index is 0.133. The molecule has 1 aromatic heterocycles. The van der Waals surface area contributed by atoms with Gasteiger partial charge in [0, 0.05) is 16.6 Å². The van der Waals surface area contributed by atoms with Gasteiger partial charge in [-0.1, -0.05) is 48.0 Å². The number of carbonyl (C=O) groups is 1. The molecule has 3 rings (SSSR count). The van der Waals surface area contributed by atoms with Crippen molar-refractivity contribution in [3.8, 4) is 11.5 Å². The maximum atomic E-state index is 12.6. The molecule has 0 aliphatic carbocycles. The normalized spacial score (nSPS) is 12.5. The highest BCUT2D eigenvalue weighted by molar-refractivity contribution is 7.91. The standard InChI is InChI=1S/C23H25ClN2O4S/c1-16(11-12-18-7-4-3-5-8-18)25-22(27)15-31(28,29)14-21-17(2)30-23(26-21)19-9-6-10-20(24)13-19/h3-10,13,16H,11-12,14-15H2,1-2H3,(H,25,27)/t16-/m1/s1. The van der Waals surface area contributed by atoms with E-state index in [2.05, 4.69) is 10.3 Å². The minimum atomic E-state index is -3.71. The second-order valence-electron chi connectivity index (χ2n) is 7.56. The number of hydrogen-bond donors (Lipinski definition) is 1. The summed E-state index contributed by atoms with van der Waals surface area (Å²) in [4.78, 5) is 16.6. The lowest BCUT2D eigenvalue weighted by molar-refractivity contribution is -0.119. The number of aromatic nitrogens is 1. The van der Waals surface area contributed by atoms with Crippen molar-refractivity contribution in [1.82, 2.24) is 10.3 Å². The fourth-order valence-corrected chi connectivity index (χ4v) is 4.64. The number of benzene rings is 2. The summed E-state index contributed by atoms with van der Waals surface area (Å²) in [6.07, 6.45) is 1.53. The molecule has 0 saturated carbocycles. The second-order valence-corrected chi connectivity index (χ2v) is 10.1. The first-order chi connectivity index (χ1) is 14.7. The van der Waals surface area contributed by atoms with Crippen LogP contribution in [0.25, 0.3) is 11.5 Å². The molecule has 0 unspecified atom stereocenters. The Hall–Kier alpha value is -2.64. The van der Waals surface area contributed by atoms with Crippen LogP contribution in [0.1, 0.15) is 30.4 Å². The van der Waals surface area contributed by atoms with E-state index >= 15 is 0 Å². The van der Waals surface area contributed by atoms with E-state index in [0.29, 0.717) is 27.9 Å². The molecule has 8 heteroatoms. The van der Waals surface area contributed by atoms with E-state index in [1.54, 1.807) is 31.2 Å². The molecule has 0 aliphatic heterocycles. The Labute approximate surface area is 187 Å². The van der Waals surface area contributed by atoms with E-state index in [4.69, 9.17) is 16.0 Å². The van der Waals surface area contributed by atoms with Crippen molar-refractivity contribution in [2.45, 2.75) is 38.5 Å². The summed E-state index contributed by atoms with van der Waals surface area (Å²) in [5.41, 5.74) is 2.12. The molecule has 1 atom stereocenters. The molecule has 0 bridgehead atoms. The van der Waals surface area contributed by atoms with Crippen LogP contribution in [0.15, 0.2) is 59.0 Å². The molecule has 0 saturated heterocycles. The van der Waals surface area contributed by atoms with Crippen molar-refractivity contribution in [1.29, 1.82) is 0 Å². The van der Waals surface area contributed by atoms with Crippen molar-refractivity contribution in [2.75, 3.05) is 5.75 Å². The van der Waals surface area contributed by atoms with E-state index < -0.39 is 21.5 Å². The molecule has 0 fully saturated rings. The zero-order valence-electron chi connectivity index (χ0n) is 17.5. The molecule has 2 aromatic carbocycles. The van der Waals surface area contributed by atoms with Gasteiger partial charge in [-0.05, 0) is 50.5 Å². The lowest BCUT2D eigenvalue weighted by atomic mass is 10.1. The van der Waals surface area contributed by atoms with Crippen LogP contribution >= 0.6 is 11.6 Å². The Morgan fingerprint density at radius 1 is 1.16 bits per heavy atom. The summed E-state index contributed by atoms with van der Waals surface area (Å²) in [5, 5.41) is 3.30. The molecule has 3 aromatic rings. The van der Waals surface area contributed by atoms with E-state index in [-0.39, 0.29) is 11.8 Å². The number of sulfone groups is 1. The number of nitrogens with one attached hydrogen (secondary N) is 1. The summed E-state index contributed by atoms with van der Waals surface area (Å²) < 4.78 is 30.7. The fourth-order valence-electron chi connectivity index (χ4n) is 3.18. The average molecular weight is 461 g/mol. The molecule has 0 spiro atoms. The number of nitrogens with zero attached hydrogens (tertiary/aromatic N) is 1. The SMILES string of the molecule is Cc1oc(-c2cccc(Cl)c2)nc1CS(=O)(=O)CC(=O)N[C@H](C)CCc1ccccc1. The Bertz CT molecular complexity index is 1140. The lowest BCUT2D eigenvalue weighted by Crippen LogP contribution is -2.37. The number of carbonyl (C=O) groups excluding carboxylic acids is 1. The maximum Gasteiger partial charge on any atom is 0.235 e. The van der Waals surface area contributed by atoms with Crippen molar-refractivity contribution >= 4 is 27.3 Å². The van der Waals surface area contributed by atoms with Crippen LogP contribution in [-0.4, -0.2) is 31.1 Å². The van der Waals surface area contributed by atoms with Crippen LogP contribution in [0, 0.1) is 6.92 Å². The van der Waals surface area contributed by atoms with Gasteiger partial charge in [-0.15, -0.1) is 0 Å². The Morgan fingerprint density at radius 2 is 1.90 bits per heavy atom. The zero-order chi connectivity index (χ0) is 22.4. The Balaban J connectivity index is 1.56. The summed E-state index contributed by atoms with van der Waals surface area (Å²) >= 11 is 5.99. The molecule has 6 nitrogen and oxygen atoms in total. The molecular formula is C23H25ClN2O4S. The van der Waals surface area contributed by atoms with Crippen LogP contribution in [0.2, 0.25) is 5.02 Å². The molecule has 31 heavy (non-hydrogen) atoms. The van der Waals surface area contributed by atoms with E-state index in [1.165, 1.54) is 5.56 Å². The average Bonchev–Trinajstić information content (AvgIpc) is 3.06. The highest BCUT2D eigenvalue weighted by Gasteiger charge is 2.23. The van der Waals surface area contributed by atoms with Crippen LogP contribution in [0.5, 0.6) is 0 Å². The number of rotatable bonds is 9. The minimum Gasteiger partial charge on any atom is -0.441 e. The van der Waals surface area contributed by atoms with Crippen molar-refractivity contribution in [3.63, 3.8) is 0 Å². The summed E-state index contributed by atoms with van der Waals surface area (Å²) in [5.74, 6) is -0.785. The monoisotopic (exact) mass is 460 g/mol.